The molecule has 0 aromatic carbocycles. The molecule has 0 bridgehead atoms. The summed E-state index contributed by atoms with van der Waals surface area (Å²) in [6, 6.07) is 0. The van der Waals surface area contributed by atoms with E-state index >= 15 is 0 Å². The molecule has 6 nitrogen and oxygen atoms in total. The topological polar surface area (TPSA) is 83.0 Å². The zero-order valence-electron chi connectivity index (χ0n) is 11.2. The number of nitrogens with zero attached hydrogens (tertiary/aromatic N) is 1. The molecule has 0 saturated carbocycles. The third-order valence-electron chi connectivity index (χ3n) is 3.24. The molecule has 0 aliphatic carbocycles. The predicted octanol–water partition coefficient (Wildman–Crippen LogP) is 0.505. The molecule has 2 aliphatic rings. The van der Waals surface area contributed by atoms with Crippen molar-refractivity contribution in [2.45, 2.75) is 32.3 Å². The maximum absolute atomic E-state index is 12.1. The van der Waals surface area contributed by atoms with E-state index in [-0.39, 0.29) is 23.3 Å². The normalized spacial score (nSPS) is 24.3. The molecule has 106 valence electrons. The number of rotatable bonds is 4. The molecule has 2 aliphatic heterocycles. The van der Waals surface area contributed by atoms with Crippen LogP contribution in [0.2, 0.25) is 0 Å². The number of aliphatic imine (C=N–C) groups is 1. The third kappa shape index (κ3) is 3.70. The van der Waals surface area contributed by atoms with Gasteiger partial charge in [-0.25, -0.2) is 0 Å². The minimum absolute atomic E-state index is 0.0157. The summed E-state index contributed by atoms with van der Waals surface area (Å²) in [6.45, 7) is 4.19. The van der Waals surface area contributed by atoms with Crippen LogP contribution in [0, 0.1) is 0 Å². The van der Waals surface area contributed by atoms with E-state index in [0.717, 1.165) is 32.4 Å². The van der Waals surface area contributed by atoms with E-state index in [0.29, 0.717) is 18.9 Å². The summed E-state index contributed by atoms with van der Waals surface area (Å²) in [6.07, 6.45) is 3.04. The van der Waals surface area contributed by atoms with Crippen molar-refractivity contribution < 1.29 is 14.6 Å². The van der Waals surface area contributed by atoms with Crippen LogP contribution in [0.4, 0.5) is 0 Å². The van der Waals surface area contributed by atoms with Gasteiger partial charge in [-0.2, -0.15) is 0 Å². The second-order valence-corrected chi connectivity index (χ2v) is 4.82. The lowest BCUT2D eigenvalue weighted by Crippen LogP contribution is -2.40. The second kappa shape index (κ2) is 6.56. The lowest BCUT2D eigenvalue weighted by Gasteiger charge is -2.18. The Morgan fingerprint density at radius 2 is 2.42 bits per heavy atom. The summed E-state index contributed by atoms with van der Waals surface area (Å²) in [5.74, 6) is 0.165. The van der Waals surface area contributed by atoms with Crippen molar-refractivity contribution in [3.63, 3.8) is 0 Å². The van der Waals surface area contributed by atoms with Gasteiger partial charge in [-0.1, -0.05) is 0 Å². The molecule has 1 fully saturated rings. The van der Waals surface area contributed by atoms with Crippen LogP contribution in [0.15, 0.2) is 16.3 Å². The highest BCUT2D eigenvalue weighted by molar-refractivity contribution is 6.21. The molecule has 3 N–H and O–H groups in total. The zero-order valence-corrected chi connectivity index (χ0v) is 11.2. The smallest absolute Gasteiger partial charge is 0.258 e. The number of aliphatic hydroxyl groups is 1. The van der Waals surface area contributed by atoms with Crippen molar-refractivity contribution in [2.75, 3.05) is 26.2 Å². The number of aliphatic hydroxyl groups excluding tert-OH is 1. The molecule has 2 heterocycles. The number of amidine groups is 1. The first kappa shape index (κ1) is 13.9. The van der Waals surface area contributed by atoms with Crippen LogP contribution < -0.4 is 10.6 Å². The Bertz CT molecular complexity index is 394. The Morgan fingerprint density at radius 3 is 3.00 bits per heavy atom. The van der Waals surface area contributed by atoms with Crippen molar-refractivity contribution in [2.24, 2.45) is 4.99 Å². The van der Waals surface area contributed by atoms with Gasteiger partial charge in [0.1, 0.15) is 17.2 Å². The van der Waals surface area contributed by atoms with Crippen LogP contribution in [0.3, 0.4) is 0 Å². The number of carbonyl (C=O) groups excluding carboxylic acids is 1. The van der Waals surface area contributed by atoms with E-state index in [1.165, 1.54) is 6.92 Å². The molecule has 1 saturated heterocycles. The molecule has 6 heteroatoms. The average molecular weight is 267 g/mol. The summed E-state index contributed by atoms with van der Waals surface area (Å²) >= 11 is 0. The molecule has 0 radical (unpaired) electrons. The molecule has 2 rings (SSSR count). The minimum atomic E-state index is -0.302. The first-order valence-electron chi connectivity index (χ1n) is 6.77. The Balaban J connectivity index is 1.97. The van der Waals surface area contributed by atoms with Crippen LogP contribution >= 0.6 is 0 Å². The van der Waals surface area contributed by atoms with Gasteiger partial charge >= 0.3 is 0 Å². The summed E-state index contributed by atoms with van der Waals surface area (Å²) < 4.78 is 5.45. The van der Waals surface area contributed by atoms with E-state index < -0.39 is 0 Å². The Kier molecular flexibility index (Phi) is 4.79. The second-order valence-electron chi connectivity index (χ2n) is 4.82. The summed E-state index contributed by atoms with van der Waals surface area (Å²) in [5, 5.41) is 15.5. The van der Waals surface area contributed by atoms with Crippen molar-refractivity contribution in [3.05, 3.63) is 11.3 Å². The maximum Gasteiger partial charge on any atom is 0.258 e. The van der Waals surface area contributed by atoms with Crippen LogP contribution in [-0.2, 0) is 9.53 Å². The fourth-order valence-electron chi connectivity index (χ4n) is 2.24. The molecule has 1 atom stereocenters. The van der Waals surface area contributed by atoms with Gasteiger partial charge < -0.3 is 20.5 Å². The molecular weight excluding hydrogens is 246 g/mol. The Hall–Kier alpha value is -1.56. The maximum atomic E-state index is 12.1. The first-order chi connectivity index (χ1) is 9.18. The minimum Gasteiger partial charge on any atom is -0.512 e. The molecular formula is C13H21N3O3. The SMILES string of the molecule is C/C(O)=C(/C(=O)NCC1CCCO1)C1=NCCCN1. The van der Waals surface area contributed by atoms with Gasteiger partial charge in [-0.05, 0) is 26.2 Å². The predicted molar refractivity (Wildman–Crippen MR) is 72.2 cm³/mol. The zero-order chi connectivity index (χ0) is 13.7. The van der Waals surface area contributed by atoms with Gasteiger partial charge in [0, 0.05) is 26.2 Å². The van der Waals surface area contributed by atoms with E-state index in [9.17, 15) is 9.90 Å². The highest BCUT2D eigenvalue weighted by Gasteiger charge is 2.23. The van der Waals surface area contributed by atoms with Crippen molar-refractivity contribution in [1.82, 2.24) is 10.6 Å². The highest BCUT2D eigenvalue weighted by atomic mass is 16.5. The molecule has 0 spiro atoms. The largest absolute Gasteiger partial charge is 0.512 e. The fourth-order valence-corrected chi connectivity index (χ4v) is 2.24. The quantitative estimate of drug-likeness (QED) is 0.512. The summed E-state index contributed by atoms with van der Waals surface area (Å²) in [7, 11) is 0. The number of hydrogen-bond acceptors (Lipinski definition) is 5. The van der Waals surface area contributed by atoms with Crippen molar-refractivity contribution >= 4 is 11.7 Å². The molecule has 0 aromatic heterocycles. The number of ether oxygens (including phenoxy) is 1. The fraction of sp³-hybridized carbons (Fsp3) is 0.692. The van der Waals surface area contributed by atoms with Gasteiger partial charge in [0.25, 0.3) is 5.91 Å². The number of hydrogen-bond donors (Lipinski definition) is 3. The van der Waals surface area contributed by atoms with Gasteiger partial charge in [-0.3, -0.25) is 9.79 Å². The molecule has 0 aromatic rings. The highest BCUT2D eigenvalue weighted by Crippen LogP contribution is 2.11. The van der Waals surface area contributed by atoms with Crippen LogP contribution in [0.1, 0.15) is 26.2 Å². The van der Waals surface area contributed by atoms with Crippen molar-refractivity contribution in [1.29, 1.82) is 0 Å². The van der Waals surface area contributed by atoms with Gasteiger partial charge in [0.2, 0.25) is 0 Å². The third-order valence-corrected chi connectivity index (χ3v) is 3.24. The van der Waals surface area contributed by atoms with E-state index in [1.807, 2.05) is 0 Å². The van der Waals surface area contributed by atoms with Gasteiger partial charge in [0.05, 0.1) is 6.10 Å². The molecule has 1 amide bonds. The lowest BCUT2D eigenvalue weighted by atomic mass is 10.1. The number of allylic oxidation sites excluding steroid dienone is 1. The number of carbonyl (C=O) groups is 1. The van der Waals surface area contributed by atoms with Gasteiger partial charge in [-0.15, -0.1) is 0 Å². The monoisotopic (exact) mass is 267 g/mol. The van der Waals surface area contributed by atoms with E-state index in [1.54, 1.807) is 0 Å². The summed E-state index contributed by atoms with van der Waals surface area (Å²) in [5.41, 5.74) is 0.234. The first-order valence-corrected chi connectivity index (χ1v) is 6.77. The van der Waals surface area contributed by atoms with Crippen LogP contribution in [-0.4, -0.2) is 49.2 Å². The Morgan fingerprint density at radius 1 is 1.58 bits per heavy atom. The number of amides is 1. The standard InChI is InChI=1S/C13H21N3O3/c1-9(17)11(12-14-5-3-6-15-12)13(18)16-8-10-4-2-7-19-10/h10,17H,2-8H2,1H3,(H,14,15)(H,16,18)/b11-9-. The summed E-state index contributed by atoms with van der Waals surface area (Å²) in [4.78, 5) is 16.4. The van der Waals surface area contributed by atoms with Crippen LogP contribution in [0.25, 0.3) is 0 Å². The van der Waals surface area contributed by atoms with Crippen LogP contribution in [0.5, 0.6) is 0 Å². The number of nitrogens with one attached hydrogen (secondary N) is 2. The van der Waals surface area contributed by atoms with Gasteiger partial charge in [0.15, 0.2) is 0 Å². The van der Waals surface area contributed by atoms with Crippen molar-refractivity contribution in [3.8, 4) is 0 Å². The Labute approximate surface area is 112 Å². The average Bonchev–Trinajstić information content (AvgIpc) is 2.90. The molecule has 19 heavy (non-hydrogen) atoms. The molecule has 1 unspecified atom stereocenters. The van der Waals surface area contributed by atoms with E-state index in [4.69, 9.17) is 4.74 Å². The lowest BCUT2D eigenvalue weighted by molar-refractivity contribution is -0.117. The van der Waals surface area contributed by atoms with E-state index in [2.05, 4.69) is 15.6 Å².